The summed E-state index contributed by atoms with van der Waals surface area (Å²) in [6.07, 6.45) is 0. The van der Waals surface area contributed by atoms with Gasteiger partial charge in [-0.05, 0) is 17.7 Å². The van der Waals surface area contributed by atoms with Crippen LogP contribution in [0.25, 0.3) is 0 Å². The first kappa shape index (κ1) is 10.8. The monoisotopic (exact) mass is 208 g/mol. The lowest BCUT2D eigenvalue weighted by Gasteiger charge is -2.11. The largest absolute Gasteiger partial charge is 0.548 e. The second-order valence-corrected chi connectivity index (χ2v) is 2.82. The highest BCUT2D eigenvalue weighted by Gasteiger charge is 2.00. The standard InChI is InChI=1S/C9H10N2O4/c10-6-3-5(9(14)15)1-2-7(6)11-4-8(12)13/h1-3,11H,4,10H2,(H,12,13)(H,14,15)/p-2. The lowest BCUT2D eigenvalue weighted by molar-refractivity contribution is -0.302. The van der Waals surface area contributed by atoms with Gasteiger partial charge in [-0.1, -0.05) is 6.07 Å². The molecule has 3 N–H and O–H groups in total. The Kier molecular flexibility index (Phi) is 3.12. The molecule has 0 saturated carbocycles. The van der Waals surface area contributed by atoms with Gasteiger partial charge in [0.05, 0.1) is 29.9 Å². The zero-order valence-corrected chi connectivity index (χ0v) is 7.65. The minimum absolute atomic E-state index is 0.0634. The summed E-state index contributed by atoms with van der Waals surface area (Å²) in [6, 6.07) is 3.82. The second kappa shape index (κ2) is 4.32. The van der Waals surface area contributed by atoms with Gasteiger partial charge < -0.3 is 30.9 Å². The van der Waals surface area contributed by atoms with E-state index in [1.165, 1.54) is 18.2 Å². The van der Waals surface area contributed by atoms with Gasteiger partial charge in [0.15, 0.2) is 0 Å². The van der Waals surface area contributed by atoms with Gasteiger partial charge in [0.25, 0.3) is 0 Å². The van der Waals surface area contributed by atoms with E-state index in [0.717, 1.165) is 0 Å². The number of rotatable bonds is 4. The topological polar surface area (TPSA) is 118 Å². The van der Waals surface area contributed by atoms with Crippen molar-refractivity contribution in [2.75, 3.05) is 17.6 Å². The first-order chi connectivity index (χ1) is 7.00. The van der Waals surface area contributed by atoms with Crippen molar-refractivity contribution in [1.29, 1.82) is 0 Å². The maximum atomic E-state index is 10.4. The molecular formula is C9H8N2O4-2. The van der Waals surface area contributed by atoms with E-state index in [1.54, 1.807) is 0 Å². The number of aliphatic carboxylic acids is 1. The Bertz CT molecular complexity index is 403. The van der Waals surface area contributed by atoms with E-state index in [9.17, 15) is 19.8 Å². The van der Waals surface area contributed by atoms with Crippen molar-refractivity contribution >= 4 is 23.3 Å². The summed E-state index contributed by atoms with van der Waals surface area (Å²) in [7, 11) is 0. The first-order valence-corrected chi connectivity index (χ1v) is 4.05. The van der Waals surface area contributed by atoms with E-state index in [2.05, 4.69) is 5.32 Å². The number of carbonyl (C=O) groups is 2. The Balaban J connectivity index is 2.83. The fourth-order valence-corrected chi connectivity index (χ4v) is 1.02. The van der Waals surface area contributed by atoms with Gasteiger partial charge in [0.1, 0.15) is 0 Å². The summed E-state index contributed by atoms with van der Waals surface area (Å²) in [6.45, 7) is -0.394. The normalized spacial score (nSPS) is 9.60. The average molecular weight is 208 g/mol. The Hall–Kier alpha value is -2.24. The number of carboxylic acids is 2. The highest BCUT2D eigenvalue weighted by atomic mass is 16.4. The molecular weight excluding hydrogens is 200 g/mol. The predicted molar refractivity (Wildman–Crippen MR) is 48.7 cm³/mol. The third kappa shape index (κ3) is 2.87. The molecule has 1 aromatic carbocycles. The molecule has 0 amide bonds. The van der Waals surface area contributed by atoms with E-state index in [4.69, 9.17) is 5.73 Å². The molecule has 80 valence electrons. The van der Waals surface area contributed by atoms with E-state index in [1.807, 2.05) is 0 Å². The van der Waals surface area contributed by atoms with Crippen LogP contribution in [0.15, 0.2) is 18.2 Å². The van der Waals surface area contributed by atoms with Crippen molar-refractivity contribution in [3.63, 3.8) is 0 Å². The number of carbonyl (C=O) groups excluding carboxylic acids is 2. The zero-order valence-electron chi connectivity index (χ0n) is 7.65. The fourth-order valence-electron chi connectivity index (χ4n) is 1.02. The van der Waals surface area contributed by atoms with Crippen LogP contribution >= 0.6 is 0 Å². The minimum atomic E-state index is -1.34. The van der Waals surface area contributed by atoms with Gasteiger partial charge in [0, 0.05) is 0 Å². The molecule has 0 saturated heterocycles. The molecule has 6 nitrogen and oxygen atoms in total. The van der Waals surface area contributed by atoms with Crippen LogP contribution in [0.1, 0.15) is 10.4 Å². The smallest absolute Gasteiger partial charge is 0.0716 e. The highest BCUT2D eigenvalue weighted by Crippen LogP contribution is 2.19. The Morgan fingerprint density at radius 1 is 1.33 bits per heavy atom. The summed E-state index contributed by atoms with van der Waals surface area (Å²) in [4.78, 5) is 20.6. The van der Waals surface area contributed by atoms with Crippen LogP contribution in [-0.4, -0.2) is 18.5 Å². The number of carboxylic acid groups (broad SMARTS) is 2. The minimum Gasteiger partial charge on any atom is -0.548 e. The number of anilines is 2. The molecule has 0 unspecified atom stereocenters. The molecule has 0 aliphatic heterocycles. The SMILES string of the molecule is Nc1cc(C(=O)[O-])ccc1NCC(=O)[O-]. The predicted octanol–water partition coefficient (Wildman–Crippen LogP) is -2.21. The number of nitrogen functional groups attached to an aromatic ring is 1. The van der Waals surface area contributed by atoms with Gasteiger partial charge in [-0.15, -0.1) is 0 Å². The zero-order chi connectivity index (χ0) is 11.4. The molecule has 0 spiro atoms. The molecule has 6 heteroatoms. The number of hydrogen-bond acceptors (Lipinski definition) is 6. The molecule has 0 fully saturated rings. The molecule has 0 aromatic heterocycles. The lowest BCUT2D eigenvalue weighted by atomic mass is 10.2. The summed E-state index contributed by atoms with van der Waals surface area (Å²) >= 11 is 0. The Morgan fingerprint density at radius 3 is 2.47 bits per heavy atom. The maximum absolute atomic E-state index is 10.4. The summed E-state index contributed by atoms with van der Waals surface area (Å²) in [5, 5.41) is 23.1. The third-order valence-corrected chi connectivity index (χ3v) is 1.71. The number of nitrogens with two attached hydrogens (primary N) is 1. The first-order valence-electron chi connectivity index (χ1n) is 4.05. The van der Waals surface area contributed by atoms with E-state index < -0.39 is 18.5 Å². The van der Waals surface area contributed by atoms with Crippen molar-refractivity contribution in [3.8, 4) is 0 Å². The molecule has 0 bridgehead atoms. The molecule has 1 rings (SSSR count). The third-order valence-electron chi connectivity index (χ3n) is 1.71. The van der Waals surface area contributed by atoms with Crippen LogP contribution in [0, 0.1) is 0 Å². The van der Waals surface area contributed by atoms with Gasteiger partial charge >= 0.3 is 0 Å². The van der Waals surface area contributed by atoms with E-state index in [-0.39, 0.29) is 11.3 Å². The van der Waals surface area contributed by atoms with Gasteiger partial charge in [-0.3, -0.25) is 0 Å². The van der Waals surface area contributed by atoms with Crippen molar-refractivity contribution in [1.82, 2.24) is 0 Å². The van der Waals surface area contributed by atoms with Crippen molar-refractivity contribution < 1.29 is 19.8 Å². The Morgan fingerprint density at radius 2 is 2.00 bits per heavy atom. The van der Waals surface area contributed by atoms with Gasteiger partial charge in [-0.25, -0.2) is 0 Å². The summed E-state index contributed by atoms with van der Waals surface area (Å²) in [5.41, 5.74) is 5.89. The number of nitrogens with one attached hydrogen (secondary N) is 1. The van der Waals surface area contributed by atoms with Crippen LogP contribution in [0.3, 0.4) is 0 Å². The fraction of sp³-hybridized carbons (Fsp3) is 0.111. The van der Waals surface area contributed by atoms with Crippen LogP contribution in [0.4, 0.5) is 11.4 Å². The number of aromatic carboxylic acids is 1. The van der Waals surface area contributed by atoms with E-state index >= 15 is 0 Å². The molecule has 1 aromatic rings. The maximum Gasteiger partial charge on any atom is 0.0716 e. The highest BCUT2D eigenvalue weighted by molar-refractivity contribution is 5.89. The van der Waals surface area contributed by atoms with Crippen LogP contribution in [0.2, 0.25) is 0 Å². The molecule has 15 heavy (non-hydrogen) atoms. The quantitative estimate of drug-likeness (QED) is 0.542. The van der Waals surface area contributed by atoms with Gasteiger partial charge in [0.2, 0.25) is 0 Å². The summed E-state index contributed by atoms with van der Waals surface area (Å²) < 4.78 is 0. The number of benzene rings is 1. The molecule has 0 atom stereocenters. The van der Waals surface area contributed by atoms with Crippen LogP contribution < -0.4 is 21.3 Å². The van der Waals surface area contributed by atoms with Crippen molar-refractivity contribution in [3.05, 3.63) is 23.8 Å². The molecule has 0 radical (unpaired) electrons. The van der Waals surface area contributed by atoms with Crippen molar-refractivity contribution in [2.24, 2.45) is 0 Å². The summed E-state index contributed by atoms with van der Waals surface area (Å²) in [5.74, 6) is -2.62. The number of hydrogen-bond donors (Lipinski definition) is 2. The average Bonchev–Trinajstić information content (AvgIpc) is 2.15. The lowest BCUT2D eigenvalue weighted by Crippen LogP contribution is -2.30. The molecule has 0 aliphatic rings. The van der Waals surface area contributed by atoms with Gasteiger partial charge in [-0.2, -0.15) is 0 Å². The Labute approximate surface area is 85.3 Å². The van der Waals surface area contributed by atoms with Crippen molar-refractivity contribution in [2.45, 2.75) is 0 Å². The van der Waals surface area contributed by atoms with Crippen LogP contribution in [-0.2, 0) is 4.79 Å². The second-order valence-electron chi connectivity index (χ2n) is 2.82. The van der Waals surface area contributed by atoms with E-state index in [0.29, 0.717) is 5.69 Å². The molecule has 0 heterocycles. The molecule has 0 aliphatic carbocycles. The van der Waals surface area contributed by atoms with Crippen LogP contribution in [0.5, 0.6) is 0 Å².